The summed E-state index contributed by atoms with van der Waals surface area (Å²) in [5.41, 5.74) is 6.95. The average Bonchev–Trinajstić information content (AvgIpc) is 2.34. The molecule has 0 saturated heterocycles. The fourth-order valence-corrected chi connectivity index (χ4v) is 2.91. The zero-order valence-electron chi connectivity index (χ0n) is 9.40. The molecule has 0 spiro atoms. The Morgan fingerprint density at radius 3 is 2.50 bits per heavy atom. The van der Waals surface area contributed by atoms with E-state index in [1.807, 2.05) is 0 Å². The summed E-state index contributed by atoms with van der Waals surface area (Å²) in [6.07, 6.45) is 0. The van der Waals surface area contributed by atoms with Gasteiger partial charge in [0, 0.05) is 15.6 Å². The maximum absolute atomic E-state index is 12.8. The first kappa shape index (κ1) is 13.1. The fraction of sp³-hybridized carbons (Fsp3) is 0.0769. The van der Waals surface area contributed by atoms with Gasteiger partial charge in [0.2, 0.25) is 0 Å². The van der Waals surface area contributed by atoms with Crippen LogP contribution >= 0.6 is 11.6 Å². The van der Waals surface area contributed by atoms with Crippen molar-refractivity contribution in [3.05, 3.63) is 58.9 Å². The molecule has 5 heteroatoms. The lowest BCUT2D eigenvalue weighted by Gasteiger charge is -2.06. The van der Waals surface area contributed by atoms with Crippen LogP contribution in [0.25, 0.3) is 0 Å². The second kappa shape index (κ2) is 5.50. The van der Waals surface area contributed by atoms with Crippen LogP contribution in [0, 0.1) is 5.82 Å². The van der Waals surface area contributed by atoms with Gasteiger partial charge in [0.15, 0.2) is 0 Å². The quantitative estimate of drug-likeness (QED) is 0.878. The monoisotopic (exact) mass is 283 g/mol. The third-order valence-corrected chi connectivity index (χ3v) is 4.17. The topological polar surface area (TPSA) is 43.1 Å². The molecule has 0 saturated carbocycles. The Morgan fingerprint density at radius 1 is 1.17 bits per heavy atom. The summed E-state index contributed by atoms with van der Waals surface area (Å²) in [7, 11) is -1.27. The number of hydrogen-bond donors (Lipinski definition) is 1. The number of hydrogen-bond acceptors (Lipinski definition) is 2. The fourth-order valence-electron chi connectivity index (χ4n) is 1.52. The molecule has 0 aliphatic rings. The van der Waals surface area contributed by atoms with Crippen LogP contribution in [0.15, 0.2) is 47.4 Å². The molecule has 2 N–H and O–H groups in total. The number of rotatable bonds is 3. The van der Waals surface area contributed by atoms with Gasteiger partial charge >= 0.3 is 0 Å². The van der Waals surface area contributed by atoms with Crippen LogP contribution in [-0.2, 0) is 16.6 Å². The molecular weight excluding hydrogens is 273 g/mol. The molecular formula is C13H11ClFNOS. The van der Waals surface area contributed by atoms with Gasteiger partial charge in [0.05, 0.1) is 16.6 Å². The minimum absolute atomic E-state index is 0.259. The summed E-state index contributed by atoms with van der Waals surface area (Å²) in [5.74, 6) is -0.0899. The molecule has 0 radical (unpaired) electrons. The van der Waals surface area contributed by atoms with Crippen LogP contribution in [0.3, 0.4) is 0 Å². The molecule has 0 aliphatic carbocycles. The van der Waals surface area contributed by atoms with E-state index in [-0.39, 0.29) is 11.6 Å². The Labute approximate surface area is 112 Å². The molecule has 0 aliphatic heterocycles. The third-order valence-electron chi connectivity index (χ3n) is 2.43. The minimum atomic E-state index is -1.27. The lowest BCUT2D eigenvalue weighted by Crippen LogP contribution is -1.98. The van der Waals surface area contributed by atoms with Crippen LogP contribution in [-0.4, -0.2) is 4.21 Å². The van der Waals surface area contributed by atoms with Crippen molar-refractivity contribution >= 4 is 28.1 Å². The number of anilines is 1. The molecule has 0 amide bonds. The van der Waals surface area contributed by atoms with Crippen LogP contribution in [0.2, 0.25) is 5.02 Å². The van der Waals surface area contributed by atoms with Gasteiger partial charge in [-0.1, -0.05) is 11.6 Å². The highest BCUT2D eigenvalue weighted by Crippen LogP contribution is 2.22. The standard InChI is InChI=1S/C13H11ClFNOS/c14-13-6-3-11(16)7-9(13)8-18(17)12-4-1-10(15)2-5-12/h1-7H,8,16H2. The van der Waals surface area contributed by atoms with Gasteiger partial charge in [-0.3, -0.25) is 4.21 Å². The first-order valence-electron chi connectivity index (χ1n) is 5.24. The predicted octanol–water partition coefficient (Wildman–Crippen LogP) is 3.37. The van der Waals surface area contributed by atoms with Crippen molar-refractivity contribution in [2.24, 2.45) is 0 Å². The van der Waals surface area contributed by atoms with E-state index in [0.717, 1.165) is 5.56 Å². The summed E-state index contributed by atoms with van der Waals surface area (Å²) in [6.45, 7) is 0. The molecule has 0 heterocycles. The Morgan fingerprint density at radius 2 is 1.83 bits per heavy atom. The summed E-state index contributed by atoms with van der Waals surface area (Å²) in [4.78, 5) is 0.565. The molecule has 94 valence electrons. The first-order valence-corrected chi connectivity index (χ1v) is 6.94. The van der Waals surface area contributed by atoms with Gasteiger partial charge < -0.3 is 5.73 Å². The smallest absolute Gasteiger partial charge is 0.123 e. The van der Waals surface area contributed by atoms with E-state index in [0.29, 0.717) is 15.6 Å². The first-order chi connectivity index (χ1) is 8.56. The molecule has 1 unspecified atom stereocenters. The van der Waals surface area contributed by atoms with Crippen molar-refractivity contribution in [3.8, 4) is 0 Å². The van der Waals surface area contributed by atoms with Crippen LogP contribution in [0.4, 0.5) is 10.1 Å². The predicted molar refractivity (Wildman–Crippen MR) is 72.4 cm³/mol. The Bertz CT molecular complexity index is 586. The van der Waals surface area contributed by atoms with Gasteiger partial charge in [-0.25, -0.2) is 4.39 Å². The van der Waals surface area contributed by atoms with E-state index in [4.69, 9.17) is 17.3 Å². The number of nitrogen functional groups attached to an aromatic ring is 1. The van der Waals surface area contributed by atoms with Crippen molar-refractivity contribution in [2.75, 3.05) is 5.73 Å². The SMILES string of the molecule is Nc1ccc(Cl)c(CS(=O)c2ccc(F)cc2)c1. The minimum Gasteiger partial charge on any atom is -0.399 e. The Balaban J connectivity index is 2.21. The number of halogens is 2. The highest BCUT2D eigenvalue weighted by molar-refractivity contribution is 7.84. The lowest BCUT2D eigenvalue weighted by atomic mass is 10.2. The van der Waals surface area contributed by atoms with E-state index in [1.165, 1.54) is 24.3 Å². The van der Waals surface area contributed by atoms with E-state index in [1.54, 1.807) is 18.2 Å². The normalized spacial score (nSPS) is 12.3. The van der Waals surface area contributed by atoms with Crippen molar-refractivity contribution in [3.63, 3.8) is 0 Å². The van der Waals surface area contributed by atoms with Crippen LogP contribution in [0.5, 0.6) is 0 Å². The molecule has 2 nitrogen and oxygen atoms in total. The molecule has 0 bridgehead atoms. The van der Waals surface area contributed by atoms with Gasteiger partial charge in [-0.05, 0) is 48.0 Å². The number of nitrogens with two attached hydrogens (primary N) is 1. The van der Waals surface area contributed by atoms with Gasteiger partial charge in [-0.15, -0.1) is 0 Å². The average molecular weight is 284 g/mol. The summed E-state index contributed by atoms with van der Waals surface area (Å²) >= 11 is 6.00. The van der Waals surface area contributed by atoms with Gasteiger partial charge in [0.25, 0.3) is 0 Å². The van der Waals surface area contributed by atoms with Crippen molar-refractivity contribution in [1.29, 1.82) is 0 Å². The molecule has 0 fully saturated rings. The van der Waals surface area contributed by atoms with E-state index >= 15 is 0 Å². The van der Waals surface area contributed by atoms with Crippen molar-refractivity contribution in [1.82, 2.24) is 0 Å². The molecule has 2 aromatic rings. The Kier molecular flexibility index (Phi) is 3.99. The zero-order valence-corrected chi connectivity index (χ0v) is 11.0. The maximum Gasteiger partial charge on any atom is 0.123 e. The highest BCUT2D eigenvalue weighted by Gasteiger charge is 2.08. The second-order valence-corrected chi connectivity index (χ2v) is 5.65. The van der Waals surface area contributed by atoms with E-state index in [2.05, 4.69) is 0 Å². The molecule has 2 rings (SSSR count). The summed E-state index contributed by atoms with van der Waals surface area (Å²) in [6, 6.07) is 10.6. The summed E-state index contributed by atoms with van der Waals surface area (Å²) in [5, 5.41) is 0.527. The molecule has 18 heavy (non-hydrogen) atoms. The van der Waals surface area contributed by atoms with E-state index in [9.17, 15) is 8.60 Å². The molecule has 2 aromatic carbocycles. The maximum atomic E-state index is 12.8. The Hall–Kier alpha value is -1.39. The molecule has 0 aromatic heterocycles. The van der Waals surface area contributed by atoms with Gasteiger partial charge in [0.1, 0.15) is 5.82 Å². The highest BCUT2D eigenvalue weighted by atomic mass is 35.5. The van der Waals surface area contributed by atoms with Crippen LogP contribution in [0.1, 0.15) is 5.56 Å². The molecule has 1 atom stereocenters. The van der Waals surface area contributed by atoms with Gasteiger partial charge in [-0.2, -0.15) is 0 Å². The summed E-state index contributed by atoms with van der Waals surface area (Å²) < 4.78 is 24.8. The van der Waals surface area contributed by atoms with Crippen LogP contribution < -0.4 is 5.73 Å². The largest absolute Gasteiger partial charge is 0.399 e. The zero-order chi connectivity index (χ0) is 13.1. The lowest BCUT2D eigenvalue weighted by molar-refractivity contribution is 0.626. The van der Waals surface area contributed by atoms with Crippen molar-refractivity contribution in [2.45, 2.75) is 10.6 Å². The number of benzene rings is 2. The van der Waals surface area contributed by atoms with Crippen molar-refractivity contribution < 1.29 is 8.60 Å². The third kappa shape index (κ3) is 3.09. The second-order valence-electron chi connectivity index (χ2n) is 3.79. The van der Waals surface area contributed by atoms with E-state index < -0.39 is 10.8 Å².